The number of amides is 1. The minimum atomic E-state index is 0.159. The Balaban J connectivity index is 1.51. The van der Waals surface area contributed by atoms with E-state index in [1.165, 1.54) is 5.56 Å². The monoisotopic (exact) mass is 323 g/mol. The van der Waals surface area contributed by atoms with Crippen molar-refractivity contribution in [2.24, 2.45) is 5.92 Å². The molecule has 1 amide bonds. The van der Waals surface area contributed by atoms with E-state index in [1.807, 2.05) is 23.1 Å². The summed E-state index contributed by atoms with van der Waals surface area (Å²) in [4.78, 5) is 14.4. The first-order valence-corrected chi connectivity index (χ1v) is 8.78. The van der Waals surface area contributed by atoms with Crippen molar-refractivity contribution in [2.75, 3.05) is 25.0 Å². The highest BCUT2D eigenvalue weighted by Gasteiger charge is 2.41. The van der Waals surface area contributed by atoms with Crippen LogP contribution in [0.2, 0.25) is 0 Å². The fourth-order valence-electron chi connectivity index (χ4n) is 4.23. The van der Waals surface area contributed by atoms with Crippen LogP contribution in [0.4, 0.5) is 5.69 Å². The van der Waals surface area contributed by atoms with Gasteiger partial charge in [0, 0.05) is 36.3 Å². The van der Waals surface area contributed by atoms with Crippen LogP contribution in [0.25, 0.3) is 0 Å². The van der Waals surface area contributed by atoms with Gasteiger partial charge in [0.25, 0.3) is 5.91 Å². The Hall–Kier alpha value is -2.27. The van der Waals surface area contributed by atoms with Gasteiger partial charge in [0.05, 0.1) is 12.3 Å². The predicted octanol–water partition coefficient (Wildman–Crippen LogP) is 2.94. The van der Waals surface area contributed by atoms with Gasteiger partial charge in [-0.15, -0.1) is 0 Å². The van der Waals surface area contributed by atoms with E-state index in [0.29, 0.717) is 5.92 Å². The SMILES string of the molecule is O=C(c1ccc2c(c1)C1NCCC1C(c1ccco1)N2)N1CCC1. The number of fused-ring (bicyclic) bond motifs is 3. The van der Waals surface area contributed by atoms with E-state index in [-0.39, 0.29) is 18.0 Å². The number of hydrogen-bond donors (Lipinski definition) is 2. The van der Waals surface area contributed by atoms with E-state index in [2.05, 4.69) is 22.8 Å². The van der Waals surface area contributed by atoms with E-state index in [9.17, 15) is 4.79 Å². The van der Waals surface area contributed by atoms with Crippen molar-refractivity contribution in [1.29, 1.82) is 0 Å². The zero-order chi connectivity index (χ0) is 16.1. The highest BCUT2D eigenvalue weighted by molar-refractivity contribution is 5.95. The number of rotatable bonds is 2. The second-order valence-corrected chi connectivity index (χ2v) is 6.97. The minimum absolute atomic E-state index is 0.159. The van der Waals surface area contributed by atoms with Crippen LogP contribution in [-0.4, -0.2) is 30.4 Å². The van der Waals surface area contributed by atoms with Crippen LogP contribution >= 0.6 is 0 Å². The van der Waals surface area contributed by atoms with Gasteiger partial charge in [-0.2, -0.15) is 0 Å². The Labute approximate surface area is 141 Å². The molecule has 5 nitrogen and oxygen atoms in total. The van der Waals surface area contributed by atoms with Gasteiger partial charge in [-0.3, -0.25) is 4.79 Å². The number of carbonyl (C=O) groups excluding carboxylic acids is 1. The Kier molecular flexibility index (Phi) is 3.16. The molecule has 3 aliphatic rings. The summed E-state index contributed by atoms with van der Waals surface area (Å²) in [6, 6.07) is 10.5. The van der Waals surface area contributed by atoms with E-state index >= 15 is 0 Å². The molecule has 0 aliphatic carbocycles. The molecule has 2 aromatic rings. The molecule has 5 rings (SSSR count). The molecule has 4 heterocycles. The molecular formula is C19H21N3O2. The second-order valence-electron chi connectivity index (χ2n) is 6.97. The number of nitrogens with one attached hydrogen (secondary N) is 2. The van der Waals surface area contributed by atoms with E-state index in [4.69, 9.17) is 4.42 Å². The van der Waals surface area contributed by atoms with Crippen LogP contribution in [0, 0.1) is 5.92 Å². The molecule has 0 spiro atoms. The molecule has 124 valence electrons. The molecule has 2 N–H and O–H groups in total. The zero-order valence-corrected chi connectivity index (χ0v) is 13.5. The summed E-state index contributed by atoms with van der Waals surface area (Å²) >= 11 is 0. The first-order valence-electron chi connectivity index (χ1n) is 8.78. The Morgan fingerprint density at radius 3 is 2.88 bits per heavy atom. The van der Waals surface area contributed by atoms with Crippen LogP contribution in [0.15, 0.2) is 41.0 Å². The molecular weight excluding hydrogens is 302 g/mol. The molecule has 0 radical (unpaired) electrons. The average molecular weight is 323 g/mol. The van der Waals surface area contributed by atoms with Crippen LogP contribution in [0.1, 0.15) is 46.6 Å². The average Bonchev–Trinajstić information content (AvgIpc) is 3.23. The normalized spacial score (nSPS) is 27.8. The van der Waals surface area contributed by atoms with Crippen LogP contribution in [0.3, 0.4) is 0 Å². The minimum Gasteiger partial charge on any atom is -0.467 e. The van der Waals surface area contributed by atoms with Gasteiger partial charge in [-0.05, 0) is 55.3 Å². The molecule has 0 saturated carbocycles. The van der Waals surface area contributed by atoms with E-state index in [0.717, 1.165) is 49.5 Å². The summed E-state index contributed by atoms with van der Waals surface area (Å²) in [6.07, 6.45) is 3.96. The van der Waals surface area contributed by atoms with Crippen molar-refractivity contribution in [3.05, 3.63) is 53.5 Å². The first kappa shape index (κ1) is 14.1. The third-order valence-corrected chi connectivity index (χ3v) is 5.64. The Morgan fingerprint density at radius 2 is 2.12 bits per heavy atom. The Bertz CT molecular complexity index is 767. The van der Waals surface area contributed by atoms with Gasteiger partial charge in [0.1, 0.15) is 5.76 Å². The lowest BCUT2D eigenvalue weighted by molar-refractivity contribution is 0.0651. The second kappa shape index (κ2) is 5.38. The quantitative estimate of drug-likeness (QED) is 0.892. The summed E-state index contributed by atoms with van der Waals surface area (Å²) in [6.45, 7) is 2.77. The standard InChI is InChI=1S/C19H21N3O2/c23-19(22-8-2-9-22)12-4-5-15-14(11-12)17-13(6-7-20-17)18(21-15)16-3-1-10-24-16/h1,3-5,10-11,13,17-18,20-21H,2,6-9H2. The molecule has 1 aromatic carbocycles. The fourth-order valence-corrected chi connectivity index (χ4v) is 4.23. The van der Waals surface area contributed by atoms with Gasteiger partial charge in [-0.1, -0.05) is 0 Å². The van der Waals surface area contributed by atoms with Gasteiger partial charge < -0.3 is 20.0 Å². The lowest BCUT2D eigenvalue weighted by atomic mass is 9.81. The predicted molar refractivity (Wildman–Crippen MR) is 90.9 cm³/mol. The third-order valence-electron chi connectivity index (χ3n) is 5.64. The number of furan rings is 1. The number of likely N-dealkylation sites (tertiary alicyclic amines) is 1. The summed E-state index contributed by atoms with van der Waals surface area (Å²) in [5.74, 6) is 1.59. The van der Waals surface area contributed by atoms with Crippen molar-refractivity contribution in [3.63, 3.8) is 0 Å². The molecule has 2 fully saturated rings. The first-order chi connectivity index (χ1) is 11.8. The maximum Gasteiger partial charge on any atom is 0.253 e. The van der Waals surface area contributed by atoms with E-state index < -0.39 is 0 Å². The van der Waals surface area contributed by atoms with Crippen LogP contribution < -0.4 is 10.6 Å². The number of carbonyl (C=O) groups is 1. The summed E-state index contributed by atoms with van der Waals surface area (Å²) < 4.78 is 5.66. The zero-order valence-electron chi connectivity index (χ0n) is 13.5. The van der Waals surface area contributed by atoms with Crippen molar-refractivity contribution in [3.8, 4) is 0 Å². The van der Waals surface area contributed by atoms with Gasteiger partial charge >= 0.3 is 0 Å². The van der Waals surface area contributed by atoms with Crippen molar-refractivity contribution >= 4 is 11.6 Å². The van der Waals surface area contributed by atoms with Crippen LogP contribution in [-0.2, 0) is 0 Å². The smallest absolute Gasteiger partial charge is 0.253 e. The topological polar surface area (TPSA) is 57.5 Å². The van der Waals surface area contributed by atoms with E-state index in [1.54, 1.807) is 6.26 Å². The number of nitrogens with zero attached hydrogens (tertiary/aromatic N) is 1. The Morgan fingerprint density at radius 1 is 1.21 bits per heavy atom. The summed E-state index contributed by atoms with van der Waals surface area (Å²) in [5.41, 5.74) is 3.12. The molecule has 3 atom stereocenters. The molecule has 1 aromatic heterocycles. The highest BCUT2D eigenvalue weighted by Crippen LogP contribution is 2.47. The highest BCUT2D eigenvalue weighted by atomic mass is 16.3. The number of anilines is 1. The number of hydrogen-bond acceptors (Lipinski definition) is 4. The van der Waals surface area contributed by atoms with Crippen molar-refractivity contribution in [2.45, 2.75) is 24.9 Å². The molecule has 3 aliphatic heterocycles. The summed E-state index contributed by atoms with van der Waals surface area (Å²) in [7, 11) is 0. The molecule has 24 heavy (non-hydrogen) atoms. The summed E-state index contributed by atoms with van der Waals surface area (Å²) in [5, 5.41) is 7.26. The van der Waals surface area contributed by atoms with Crippen molar-refractivity contribution < 1.29 is 9.21 Å². The fraction of sp³-hybridized carbons (Fsp3) is 0.421. The van der Waals surface area contributed by atoms with Gasteiger partial charge in [0.2, 0.25) is 0 Å². The molecule has 5 heteroatoms. The maximum atomic E-state index is 12.5. The van der Waals surface area contributed by atoms with Crippen LogP contribution in [0.5, 0.6) is 0 Å². The van der Waals surface area contributed by atoms with Gasteiger partial charge in [-0.25, -0.2) is 0 Å². The molecule has 0 bridgehead atoms. The van der Waals surface area contributed by atoms with Crippen molar-refractivity contribution in [1.82, 2.24) is 10.2 Å². The maximum absolute atomic E-state index is 12.5. The largest absolute Gasteiger partial charge is 0.467 e. The number of benzene rings is 1. The third kappa shape index (κ3) is 2.08. The lowest BCUT2D eigenvalue weighted by Gasteiger charge is -2.36. The van der Waals surface area contributed by atoms with Gasteiger partial charge in [0.15, 0.2) is 0 Å². The lowest BCUT2D eigenvalue weighted by Crippen LogP contribution is -2.42. The molecule has 2 saturated heterocycles. The molecule has 3 unspecified atom stereocenters.